The van der Waals surface area contributed by atoms with Gasteiger partial charge in [-0.05, 0) is 46.1 Å². The van der Waals surface area contributed by atoms with E-state index in [0.29, 0.717) is 24.7 Å². The Morgan fingerprint density at radius 3 is 2.83 bits per heavy atom. The van der Waals surface area contributed by atoms with Gasteiger partial charge in [0.2, 0.25) is 11.8 Å². The van der Waals surface area contributed by atoms with Gasteiger partial charge in [-0.25, -0.2) is 0 Å². The van der Waals surface area contributed by atoms with E-state index in [2.05, 4.69) is 15.2 Å². The molecule has 1 aliphatic heterocycles. The highest BCUT2D eigenvalue weighted by Gasteiger charge is 2.31. The number of aromatic nitrogens is 4. The summed E-state index contributed by atoms with van der Waals surface area (Å²) < 4.78 is 7.19. The van der Waals surface area contributed by atoms with Crippen molar-refractivity contribution in [3.8, 4) is 0 Å². The van der Waals surface area contributed by atoms with Crippen molar-refractivity contribution < 1.29 is 9.32 Å². The molecule has 1 amide bonds. The van der Waals surface area contributed by atoms with Gasteiger partial charge in [0, 0.05) is 25.2 Å². The van der Waals surface area contributed by atoms with Gasteiger partial charge >= 0.3 is 0 Å². The third kappa shape index (κ3) is 3.43. The second kappa shape index (κ2) is 6.52. The quantitative estimate of drug-likeness (QED) is 0.865. The zero-order chi connectivity index (χ0) is 16.4. The van der Waals surface area contributed by atoms with Crippen molar-refractivity contribution in [3.63, 3.8) is 0 Å². The van der Waals surface area contributed by atoms with Crippen molar-refractivity contribution >= 4 is 5.91 Å². The molecule has 1 saturated heterocycles. The summed E-state index contributed by atoms with van der Waals surface area (Å²) in [5.74, 6) is 1.29. The summed E-state index contributed by atoms with van der Waals surface area (Å²) in [6.07, 6.45) is 3.42. The largest absolute Gasteiger partial charge is 0.337 e. The Labute approximate surface area is 135 Å². The Kier molecular flexibility index (Phi) is 4.45. The van der Waals surface area contributed by atoms with Crippen LogP contribution in [0.5, 0.6) is 0 Å². The van der Waals surface area contributed by atoms with Gasteiger partial charge in [0.15, 0.2) is 5.82 Å². The molecule has 1 fully saturated rings. The van der Waals surface area contributed by atoms with Crippen LogP contribution >= 0.6 is 0 Å². The van der Waals surface area contributed by atoms with Gasteiger partial charge in [-0.3, -0.25) is 9.48 Å². The smallest absolute Gasteiger partial charge is 0.249 e. The lowest BCUT2D eigenvalue weighted by Gasteiger charge is -2.33. The summed E-state index contributed by atoms with van der Waals surface area (Å²) in [4.78, 5) is 18.9. The molecule has 124 valence electrons. The fourth-order valence-corrected chi connectivity index (χ4v) is 3.18. The van der Waals surface area contributed by atoms with Crippen LogP contribution in [0.15, 0.2) is 10.6 Å². The maximum Gasteiger partial charge on any atom is 0.249 e. The van der Waals surface area contributed by atoms with E-state index in [4.69, 9.17) is 4.52 Å². The van der Waals surface area contributed by atoms with Crippen LogP contribution in [0.2, 0.25) is 0 Å². The van der Waals surface area contributed by atoms with Gasteiger partial charge in [-0.1, -0.05) is 5.16 Å². The fourth-order valence-electron chi connectivity index (χ4n) is 3.18. The molecule has 7 nitrogen and oxygen atoms in total. The number of hydrogen-bond acceptors (Lipinski definition) is 5. The van der Waals surface area contributed by atoms with E-state index in [0.717, 1.165) is 37.2 Å². The summed E-state index contributed by atoms with van der Waals surface area (Å²) >= 11 is 0. The number of piperidine rings is 1. The minimum absolute atomic E-state index is 0.0853. The molecule has 0 bridgehead atoms. The number of aryl methyl sites for hydroxylation is 4. The molecule has 0 aliphatic carbocycles. The molecule has 0 saturated carbocycles. The van der Waals surface area contributed by atoms with Crippen LogP contribution in [-0.2, 0) is 11.3 Å². The van der Waals surface area contributed by atoms with E-state index in [1.54, 1.807) is 6.92 Å². The zero-order valence-corrected chi connectivity index (χ0v) is 13.9. The molecule has 1 atom stereocenters. The molecular weight excluding hydrogens is 294 g/mol. The standard InChI is InChI=1S/C16H23N5O2/c1-11-10-12(2)21(18-11)9-7-15(22)20-8-5-4-6-14(20)16-17-13(3)19-23-16/h10,14H,4-9H2,1-3H3/t14-/m1/s1. The van der Waals surface area contributed by atoms with Crippen molar-refractivity contribution in [2.45, 2.75) is 59.0 Å². The molecule has 0 radical (unpaired) electrons. The monoisotopic (exact) mass is 317 g/mol. The second-order valence-corrected chi connectivity index (χ2v) is 6.18. The van der Waals surface area contributed by atoms with Gasteiger partial charge in [0.1, 0.15) is 6.04 Å². The Morgan fingerprint density at radius 2 is 2.17 bits per heavy atom. The summed E-state index contributed by atoms with van der Waals surface area (Å²) in [5.41, 5.74) is 2.06. The summed E-state index contributed by atoms with van der Waals surface area (Å²) in [6.45, 7) is 7.12. The number of amides is 1. The first-order valence-corrected chi connectivity index (χ1v) is 8.15. The highest BCUT2D eigenvalue weighted by atomic mass is 16.5. The number of hydrogen-bond donors (Lipinski definition) is 0. The third-order valence-electron chi connectivity index (χ3n) is 4.29. The van der Waals surface area contributed by atoms with Gasteiger partial charge < -0.3 is 9.42 Å². The molecule has 3 rings (SSSR count). The van der Waals surface area contributed by atoms with Crippen LogP contribution in [-0.4, -0.2) is 37.3 Å². The first kappa shape index (κ1) is 15.7. The van der Waals surface area contributed by atoms with Crippen LogP contribution in [0, 0.1) is 20.8 Å². The molecule has 0 N–H and O–H groups in total. The van der Waals surface area contributed by atoms with E-state index in [9.17, 15) is 4.79 Å². The Bertz CT molecular complexity index is 690. The molecule has 1 aliphatic rings. The summed E-state index contributed by atoms with van der Waals surface area (Å²) in [5, 5.41) is 8.27. The van der Waals surface area contributed by atoms with Crippen LogP contribution in [0.3, 0.4) is 0 Å². The SMILES string of the molecule is Cc1cc(C)n(CCC(=O)N2CCCC[C@@H]2c2nc(C)no2)n1. The second-order valence-electron chi connectivity index (χ2n) is 6.18. The van der Waals surface area contributed by atoms with E-state index in [-0.39, 0.29) is 11.9 Å². The fraction of sp³-hybridized carbons (Fsp3) is 0.625. The highest BCUT2D eigenvalue weighted by molar-refractivity contribution is 5.76. The predicted molar refractivity (Wildman–Crippen MR) is 83.7 cm³/mol. The first-order chi connectivity index (χ1) is 11.0. The number of carbonyl (C=O) groups is 1. The molecule has 0 aromatic carbocycles. The number of nitrogens with zero attached hydrogens (tertiary/aromatic N) is 5. The van der Waals surface area contributed by atoms with Gasteiger partial charge in [-0.15, -0.1) is 0 Å². The third-order valence-corrected chi connectivity index (χ3v) is 4.29. The molecule has 23 heavy (non-hydrogen) atoms. The van der Waals surface area contributed by atoms with Crippen molar-refractivity contribution in [1.29, 1.82) is 0 Å². The molecule has 0 spiro atoms. The van der Waals surface area contributed by atoms with Crippen molar-refractivity contribution in [2.75, 3.05) is 6.54 Å². The number of rotatable bonds is 4. The number of carbonyl (C=O) groups excluding carboxylic acids is 1. The van der Waals surface area contributed by atoms with Crippen molar-refractivity contribution in [3.05, 3.63) is 29.2 Å². The zero-order valence-electron chi connectivity index (χ0n) is 13.9. The molecular formula is C16H23N5O2. The van der Waals surface area contributed by atoms with Crippen molar-refractivity contribution in [1.82, 2.24) is 24.8 Å². The maximum absolute atomic E-state index is 12.7. The normalized spacial score (nSPS) is 18.4. The average Bonchev–Trinajstić information content (AvgIpc) is 3.10. The van der Waals surface area contributed by atoms with Crippen LogP contribution in [0.1, 0.15) is 54.8 Å². The maximum atomic E-state index is 12.7. The molecule has 0 unspecified atom stereocenters. The Morgan fingerprint density at radius 1 is 1.35 bits per heavy atom. The van der Waals surface area contributed by atoms with E-state index < -0.39 is 0 Å². The van der Waals surface area contributed by atoms with Crippen LogP contribution < -0.4 is 0 Å². The summed E-state index contributed by atoms with van der Waals surface area (Å²) in [6, 6.07) is 1.94. The minimum atomic E-state index is -0.0853. The van der Waals surface area contributed by atoms with E-state index in [1.807, 2.05) is 29.5 Å². The first-order valence-electron chi connectivity index (χ1n) is 8.15. The van der Waals surface area contributed by atoms with E-state index in [1.165, 1.54) is 0 Å². The average molecular weight is 317 g/mol. The number of likely N-dealkylation sites (tertiary alicyclic amines) is 1. The minimum Gasteiger partial charge on any atom is -0.337 e. The lowest BCUT2D eigenvalue weighted by atomic mass is 10.0. The lowest BCUT2D eigenvalue weighted by molar-refractivity contribution is -0.136. The highest BCUT2D eigenvalue weighted by Crippen LogP contribution is 2.30. The Hall–Kier alpha value is -2.18. The van der Waals surface area contributed by atoms with Gasteiger partial charge in [-0.2, -0.15) is 10.1 Å². The van der Waals surface area contributed by atoms with Crippen LogP contribution in [0.25, 0.3) is 0 Å². The van der Waals surface area contributed by atoms with Gasteiger partial charge in [0.05, 0.1) is 5.69 Å². The molecule has 2 aromatic heterocycles. The topological polar surface area (TPSA) is 77.0 Å². The Balaban J connectivity index is 1.67. The molecule has 2 aromatic rings. The summed E-state index contributed by atoms with van der Waals surface area (Å²) in [7, 11) is 0. The molecule has 7 heteroatoms. The van der Waals surface area contributed by atoms with Crippen LogP contribution in [0.4, 0.5) is 0 Å². The van der Waals surface area contributed by atoms with Gasteiger partial charge in [0.25, 0.3) is 0 Å². The predicted octanol–water partition coefficient (Wildman–Crippen LogP) is 2.34. The van der Waals surface area contributed by atoms with E-state index >= 15 is 0 Å². The van der Waals surface area contributed by atoms with Crippen molar-refractivity contribution in [2.24, 2.45) is 0 Å². The lowest BCUT2D eigenvalue weighted by Crippen LogP contribution is -2.39. The molecule has 3 heterocycles.